The summed E-state index contributed by atoms with van der Waals surface area (Å²) in [5.41, 5.74) is 1.75. The smallest absolute Gasteiger partial charge is 0.269 e. The van der Waals surface area contributed by atoms with E-state index in [0.717, 1.165) is 5.56 Å². The van der Waals surface area contributed by atoms with Gasteiger partial charge in [0.05, 0.1) is 18.1 Å². The molecule has 2 aromatic carbocycles. The number of amides is 1. The van der Waals surface area contributed by atoms with Gasteiger partial charge in [0, 0.05) is 37.3 Å². The molecule has 1 atom stereocenters. The predicted molar refractivity (Wildman–Crippen MR) is 98.1 cm³/mol. The number of nitrogens with zero attached hydrogens (tertiary/aromatic N) is 2. The molecule has 1 aliphatic heterocycles. The lowest BCUT2D eigenvalue weighted by Gasteiger charge is -2.31. The number of rotatable bonds is 6. The van der Waals surface area contributed by atoms with Crippen LogP contribution in [0.4, 0.5) is 11.4 Å². The second kappa shape index (κ2) is 8.44. The Balaban J connectivity index is 1.77. The molecule has 0 spiro atoms. The maximum absolute atomic E-state index is 13.0. The average molecular weight is 355 g/mol. The Morgan fingerprint density at radius 2 is 1.77 bits per heavy atom. The highest BCUT2D eigenvalue weighted by atomic mass is 16.6. The Kier molecular flexibility index (Phi) is 5.80. The summed E-state index contributed by atoms with van der Waals surface area (Å²) in [6.45, 7) is 2.24. The van der Waals surface area contributed by atoms with Gasteiger partial charge in [0.2, 0.25) is 5.91 Å². The quantitative estimate of drug-likeness (QED) is 0.636. The first kappa shape index (κ1) is 17.9. The molecule has 1 heterocycles. The summed E-state index contributed by atoms with van der Waals surface area (Å²) in [6.07, 6.45) is 0.536. The summed E-state index contributed by atoms with van der Waals surface area (Å²) in [7, 11) is 0. The van der Waals surface area contributed by atoms with Crippen molar-refractivity contribution in [2.24, 2.45) is 0 Å². The van der Waals surface area contributed by atoms with Gasteiger partial charge in [-0.25, -0.2) is 0 Å². The lowest BCUT2D eigenvalue weighted by atomic mass is 10.0. The van der Waals surface area contributed by atoms with Crippen molar-refractivity contribution in [3.63, 3.8) is 0 Å². The predicted octanol–water partition coefficient (Wildman–Crippen LogP) is 2.48. The van der Waals surface area contributed by atoms with Gasteiger partial charge in [-0.1, -0.05) is 30.3 Å². The van der Waals surface area contributed by atoms with Crippen molar-refractivity contribution in [3.8, 4) is 0 Å². The SMILES string of the molecule is O=C(C(Cc1ccccc1)Nc1ccc([N+](=O)[O-])cc1)N1CCOCC1. The van der Waals surface area contributed by atoms with Crippen LogP contribution in [0.5, 0.6) is 0 Å². The lowest BCUT2D eigenvalue weighted by molar-refractivity contribution is -0.384. The topological polar surface area (TPSA) is 84.7 Å². The first-order chi connectivity index (χ1) is 12.6. The summed E-state index contributed by atoms with van der Waals surface area (Å²) in [6, 6.07) is 15.5. The molecule has 7 heteroatoms. The van der Waals surface area contributed by atoms with Crippen molar-refractivity contribution >= 4 is 17.3 Å². The molecular formula is C19H21N3O4. The van der Waals surface area contributed by atoms with Crippen LogP contribution in [-0.4, -0.2) is 48.1 Å². The highest BCUT2D eigenvalue weighted by Gasteiger charge is 2.26. The molecule has 3 rings (SSSR count). The number of hydrogen-bond donors (Lipinski definition) is 1. The largest absolute Gasteiger partial charge is 0.378 e. The molecule has 0 saturated carbocycles. The molecule has 1 aliphatic rings. The molecule has 26 heavy (non-hydrogen) atoms. The minimum Gasteiger partial charge on any atom is -0.378 e. The van der Waals surface area contributed by atoms with E-state index in [2.05, 4.69) is 5.32 Å². The molecule has 1 N–H and O–H groups in total. The van der Waals surface area contributed by atoms with Crippen LogP contribution in [0.1, 0.15) is 5.56 Å². The van der Waals surface area contributed by atoms with Crippen LogP contribution >= 0.6 is 0 Å². The molecule has 0 aromatic heterocycles. The van der Waals surface area contributed by atoms with Crippen LogP contribution in [0.15, 0.2) is 54.6 Å². The number of carbonyl (C=O) groups excluding carboxylic acids is 1. The number of anilines is 1. The van der Waals surface area contributed by atoms with Gasteiger partial charge >= 0.3 is 0 Å². The summed E-state index contributed by atoms with van der Waals surface area (Å²) < 4.78 is 5.32. The highest BCUT2D eigenvalue weighted by Crippen LogP contribution is 2.18. The normalized spacial score (nSPS) is 15.3. The molecule has 1 saturated heterocycles. The summed E-state index contributed by atoms with van der Waals surface area (Å²) in [5, 5.41) is 14.0. The van der Waals surface area contributed by atoms with Crippen LogP contribution in [0.25, 0.3) is 0 Å². The molecule has 136 valence electrons. The Morgan fingerprint density at radius 1 is 1.12 bits per heavy atom. The van der Waals surface area contributed by atoms with Crippen molar-refractivity contribution in [3.05, 3.63) is 70.3 Å². The fourth-order valence-corrected chi connectivity index (χ4v) is 2.93. The molecule has 0 bridgehead atoms. The van der Waals surface area contributed by atoms with Gasteiger partial charge in [0.1, 0.15) is 6.04 Å². The number of benzene rings is 2. The van der Waals surface area contributed by atoms with E-state index in [9.17, 15) is 14.9 Å². The Bertz CT molecular complexity index is 743. The molecule has 1 unspecified atom stereocenters. The van der Waals surface area contributed by atoms with Gasteiger partial charge < -0.3 is 15.0 Å². The second-order valence-electron chi connectivity index (χ2n) is 6.13. The second-order valence-corrected chi connectivity index (χ2v) is 6.13. The summed E-state index contributed by atoms with van der Waals surface area (Å²) in [5.74, 6) is 0.00973. The van der Waals surface area contributed by atoms with Gasteiger partial charge in [0.15, 0.2) is 0 Å². The molecule has 2 aromatic rings. The van der Waals surface area contributed by atoms with Crippen molar-refractivity contribution in [1.82, 2.24) is 4.90 Å². The maximum Gasteiger partial charge on any atom is 0.269 e. The van der Waals surface area contributed by atoms with Crippen LogP contribution in [0.2, 0.25) is 0 Å². The van der Waals surface area contributed by atoms with Gasteiger partial charge in [-0.15, -0.1) is 0 Å². The van der Waals surface area contributed by atoms with Crippen molar-refractivity contribution in [2.45, 2.75) is 12.5 Å². The Morgan fingerprint density at radius 3 is 2.38 bits per heavy atom. The van der Waals surface area contributed by atoms with Crippen LogP contribution < -0.4 is 5.32 Å². The molecule has 0 aliphatic carbocycles. The van der Waals surface area contributed by atoms with E-state index in [0.29, 0.717) is 38.4 Å². The van der Waals surface area contributed by atoms with Crippen molar-refractivity contribution < 1.29 is 14.5 Å². The van der Waals surface area contributed by atoms with E-state index in [-0.39, 0.29) is 11.6 Å². The number of ether oxygens (including phenoxy) is 1. The van der Waals surface area contributed by atoms with Crippen molar-refractivity contribution in [2.75, 3.05) is 31.6 Å². The van der Waals surface area contributed by atoms with Crippen LogP contribution in [-0.2, 0) is 16.0 Å². The fraction of sp³-hybridized carbons (Fsp3) is 0.316. The third kappa shape index (κ3) is 4.58. The van der Waals surface area contributed by atoms with E-state index in [4.69, 9.17) is 4.74 Å². The minimum atomic E-state index is -0.447. The van der Waals surface area contributed by atoms with E-state index in [1.54, 1.807) is 17.0 Å². The number of nitro groups is 1. The molecule has 1 fully saturated rings. The van der Waals surface area contributed by atoms with Crippen molar-refractivity contribution in [1.29, 1.82) is 0 Å². The number of nitro benzene ring substituents is 1. The zero-order chi connectivity index (χ0) is 18.4. The zero-order valence-electron chi connectivity index (χ0n) is 14.3. The van der Waals surface area contributed by atoms with E-state index < -0.39 is 11.0 Å². The number of carbonyl (C=O) groups is 1. The summed E-state index contributed by atoms with van der Waals surface area (Å²) >= 11 is 0. The van der Waals surface area contributed by atoms with E-state index in [1.165, 1.54) is 12.1 Å². The molecule has 1 amide bonds. The average Bonchev–Trinajstić information content (AvgIpc) is 2.69. The number of morpholine rings is 1. The molecular weight excluding hydrogens is 334 g/mol. The van der Waals surface area contributed by atoms with E-state index >= 15 is 0 Å². The maximum atomic E-state index is 13.0. The summed E-state index contributed by atoms with van der Waals surface area (Å²) in [4.78, 5) is 25.1. The van der Waals surface area contributed by atoms with Gasteiger partial charge in [-0.2, -0.15) is 0 Å². The third-order valence-corrected chi connectivity index (χ3v) is 4.32. The number of hydrogen-bond acceptors (Lipinski definition) is 5. The fourth-order valence-electron chi connectivity index (χ4n) is 2.93. The Hall–Kier alpha value is -2.93. The highest BCUT2D eigenvalue weighted by molar-refractivity contribution is 5.85. The third-order valence-electron chi connectivity index (χ3n) is 4.32. The lowest BCUT2D eigenvalue weighted by Crippen LogP contribution is -2.48. The van der Waals surface area contributed by atoms with Crippen LogP contribution in [0, 0.1) is 10.1 Å². The minimum absolute atomic E-state index is 0.00973. The van der Waals surface area contributed by atoms with Gasteiger partial charge in [0.25, 0.3) is 5.69 Å². The van der Waals surface area contributed by atoms with Gasteiger partial charge in [-0.05, 0) is 17.7 Å². The standard InChI is InChI=1S/C19H21N3O4/c23-19(21-10-12-26-13-11-21)18(14-15-4-2-1-3-5-15)20-16-6-8-17(9-7-16)22(24)25/h1-9,18,20H,10-14H2. The zero-order valence-corrected chi connectivity index (χ0v) is 14.3. The molecule has 7 nitrogen and oxygen atoms in total. The number of nitrogens with one attached hydrogen (secondary N) is 1. The number of non-ortho nitro benzene ring substituents is 1. The van der Waals surface area contributed by atoms with Gasteiger partial charge in [-0.3, -0.25) is 14.9 Å². The molecule has 0 radical (unpaired) electrons. The monoisotopic (exact) mass is 355 g/mol. The Labute approximate surface area is 151 Å². The first-order valence-electron chi connectivity index (χ1n) is 8.55. The van der Waals surface area contributed by atoms with E-state index in [1.807, 2.05) is 30.3 Å². The van der Waals surface area contributed by atoms with Crippen LogP contribution in [0.3, 0.4) is 0 Å². The first-order valence-corrected chi connectivity index (χ1v) is 8.55.